The fourth-order valence-electron chi connectivity index (χ4n) is 1.63. The Hall–Kier alpha value is -1.81. The van der Waals surface area contributed by atoms with E-state index in [1.54, 1.807) is 18.5 Å². The number of aromatic nitrogens is 2. The van der Waals surface area contributed by atoms with Crippen molar-refractivity contribution >= 4 is 0 Å². The maximum atomic E-state index is 13.9. The second-order valence-corrected chi connectivity index (χ2v) is 4.47. The van der Waals surface area contributed by atoms with Gasteiger partial charge in [-0.05, 0) is 11.6 Å². The van der Waals surface area contributed by atoms with Crippen molar-refractivity contribution in [2.75, 3.05) is 0 Å². The van der Waals surface area contributed by atoms with Crippen LogP contribution in [0.15, 0.2) is 36.9 Å². The lowest BCUT2D eigenvalue weighted by molar-refractivity contribution is 0.553. The molecule has 0 radical (unpaired) electrons. The minimum atomic E-state index is -0.204. The van der Waals surface area contributed by atoms with Crippen LogP contribution in [-0.4, -0.2) is 16.0 Å². The first kappa shape index (κ1) is 12.6. The Morgan fingerprint density at radius 3 is 2.50 bits per heavy atom. The van der Waals surface area contributed by atoms with E-state index in [0.29, 0.717) is 18.2 Å². The lowest BCUT2D eigenvalue weighted by atomic mass is 10.1. The third-order valence-corrected chi connectivity index (χ3v) is 2.65. The predicted molar refractivity (Wildman–Crippen MR) is 69.4 cm³/mol. The summed E-state index contributed by atoms with van der Waals surface area (Å²) >= 11 is 0. The molecular formula is C14H16FN3. The summed E-state index contributed by atoms with van der Waals surface area (Å²) < 4.78 is 13.9. The van der Waals surface area contributed by atoms with Gasteiger partial charge in [-0.1, -0.05) is 26.0 Å². The number of benzene rings is 1. The summed E-state index contributed by atoms with van der Waals surface area (Å²) in [5, 5.41) is 3.20. The zero-order valence-corrected chi connectivity index (χ0v) is 10.5. The van der Waals surface area contributed by atoms with Gasteiger partial charge < -0.3 is 5.32 Å². The number of halogens is 1. The molecular weight excluding hydrogens is 229 g/mol. The molecule has 1 aromatic carbocycles. The number of hydrogen-bond acceptors (Lipinski definition) is 3. The molecule has 0 amide bonds. The molecule has 0 saturated heterocycles. The van der Waals surface area contributed by atoms with Gasteiger partial charge >= 0.3 is 0 Å². The summed E-state index contributed by atoms with van der Waals surface area (Å²) in [6.45, 7) is 4.61. The van der Waals surface area contributed by atoms with Crippen LogP contribution < -0.4 is 5.32 Å². The van der Waals surface area contributed by atoms with Crippen LogP contribution in [0.4, 0.5) is 4.39 Å². The molecule has 0 spiro atoms. The molecule has 0 atom stereocenters. The number of nitrogens with one attached hydrogen (secondary N) is 1. The van der Waals surface area contributed by atoms with Crippen LogP contribution in [0.25, 0.3) is 11.1 Å². The van der Waals surface area contributed by atoms with Crippen molar-refractivity contribution in [3.63, 3.8) is 0 Å². The fraction of sp³-hybridized carbons (Fsp3) is 0.286. The molecule has 4 heteroatoms. The molecule has 2 rings (SSSR count). The van der Waals surface area contributed by atoms with E-state index in [9.17, 15) is 4.39 Å². The molecule has 1 aromatic heterocycles. The molecule has 3 nitrogen and oxygen atoms in total. The van der Waals surface area contributed by atoms with Crippen molar-refractivity contribution in [2.45, 2.75) is 26.4 Å². The van der Waals surface area contributed by atoms with Gasteiger partial charge in [-0.25, -0.2) is 14.4 Å². The Labute approximate surface area is 106 Å². The predicted octanol–water partition coefficient (Wildman–Crippen LogP) is 2.78. The van der Waals surface area contributed by atoms with Crippen molar-refractivity contribution in [3.8, 4) is 11.1 Å². The highest BCUT2D eigenvalue weighted by Crippen LogP contribution is 2.20. The van der Waals surface area contributed by atoms with Crippen LogP contribution in [0.3, 0.4) is 0 Å². The molecule has 0 aliphatic carbocycles. The summed E-state index contributed by atoms with van der Waals surface area (Å²) in [5.41, 5.74) is 2.28. The van der Waals surface area contributed by atoms with Gasteiger partial charge in [-0.15, -0.1) is 0 Å². The van der Waals surface area contributed by atoms with Crippen LogP contribution in [0.5, 0.6) is 0 Å². The second-order valence-electron chi connectivity index (χ2n) is 4.47. The van der Waals surface area contributed by atoms with Gasteiger partial charge in [-0.2, -0.15) is 0 Å². The largest absolute Gasteiger partial charge is 0.310 e. The third-order valence-electron chi connectivity index (χ3n) is 2.65. The van der Waals surface area contributed by atoms with Gasteiger partial charge in [-0.3, -0.25) is 0 Å². The smallest absolute Gasteiger partial charge is 0.128 e. The summed E-state index contributed by atoms with van der Waals surface area (Å²) in [6, 6.07) is 5.55. The van der Waals surface area contributed by atoms with Crippen molar-refractivity contribution in [3.05, 3.63) is 48.3 Å². The molecule has 94 valence electrons. The summed E-state index contributed by atoms with van der Waals surface area (Å²) in [5.74, 6) is -0.204. The van der Waals surface area contributed by atoms with E-state index in [1.807, 2.05) is 19.9 Å². The van der Waals surface area contributed by atoms with Crippen molar-refractivity contribution in [1.82, 2.24) is 15.3 Å². The molecule has 0 aliphatic heterocycles. The number of rotatable bonds is 4. The summed E-state index contributed by atoms with van der Waals surface area (Å²) in [7, 11) is 0. The normalized spacial score (nSPS) is 10.9. The van der Waals surface area contributed by atoms with Gasteiger partial charge in [0.1, 0.15) is 12.1 Å². The second kappa shape index (κ2) is 5.69. The Balaban J connectivity index is 2.20. The fourth-order valence-corrected chi connectivity index (χ4v) is 1.63. The van der Waals surface area contributed by atoms with Gasteiger partial charge in [0.25, 0.3) is 0 Å². The molecule has 0 unspecified atom stereocenters. The molecule has 1 heterocycles. The van der Waals surface area contributed by atoms with Crippen molar-refractivity contribution < 1.29 is 4.39 Å². The first-order valence-electron chi connectivity index (χ1n) is 5.94. The minimum absolute atomic E-state index is 0.204. The maximum absolute atomic E-state index is 13.9. The Morgan fingerprint density at radius 2 is 1.89 bits per heavy atom. The van der Waals surface area contributed by atoms with E-state index in [2.05, 4.69) is 15.3 Å². The Kier molecular flexibility index (Phi) is 3.99. The standard InChI is InChI=1S/C14H16FN3/c1-10(2)18-8-12-4-3-11(5-14(12)15)13-6-16-9-17-7-13/h3-7,9-10,18H,8H2,1-2H3. The molecule has 0 fully saturated rings. The average Bonchev–Trinajstić information content (AvgIpc) is 2.38. The highest BCUT2D eigenvalue weighted by Gasteiger charge is 2.06. The minimum Gasteiger partial charge on any atom is -0.310 e. The van der Waals surface area contributed by atoms with E-state index in [-0.39, 0.29) is 5.82 Å². The molecule has 18 heavy (non-hydrogen) atoms. The average molecular weight is 245 g/mol. The number of nitrogens with zero attached hydrogens (tertiary/aromatic N) is 2. The summed E-state index contributed by atoms with van der Waals surface area (Å²) in [4.78, 5) is 7.85. The van der Waals surface area contributed by atoms with Crippen molar-refractivity contribution in [1.29, 1.82) is 0 Å². The van der Waals surface area contributed by atoms with Crippen LogP contribution >= 0.6 is 0 Å². The lowest BCUT2D eigenvalue weighted by Crippen LogP contribution is -2.22. The van der Waals surface area contributed by atoms with E-state index in [4.69, 9.17) is 0 Å². The zero-order valence-electron chi connectivity index (χ0n) is 10.5. The Bertz CT molecular complexity index is 512. The monoisotopic (exact) mass is 245 g/mol. The van der Waals surface area contributed by atoms with Crippen LogP contribution in [0.2, 0.25) is 0 Å². The zero-order chi connectivity index (χ0) is 13.0. The molecule has 0 saturated carbocycles. The highest BCUT2D eigenvalue weighted by atomic mass is 19.1. The van der Waals surface area contributed by atoms with E-state index >= 15 is 0 Å². The van der Waals surface area contributed by atoms with Crippen LogP contribution in [0.1, 0.15) is 19.4 Å². The third kappa shape index (κ3) is 3.11. The molecule has 0 bridgehead atoms. The number of hydrogen-bond donors (Lipinski definition) is 1. The SMILES string of the molecule is CC(C)NCc1ccc(-c2cncnc2)cc1F. The molecule has 1 N–H and O–H groups in total. The first-order chi connectivity index (χ1) is 8.66. The van der Waals surface area contributed by atoms with Gasteiger partial charge in [0.15, 0.2) is 0 Å². The quantitative estimate of drug-likeness (QED) is 0.900. The molecule has 0 aliphatic rings. The van der Waals surface area contributed by atoms with Gasteiger partial charge in [0.05, 0.1) is 0 Å². The van der Waals surface area contributed by atoms with Crippen LogP contribution in [0, 0.1) is 5.82 Å². The first-order valence-corrected chi connectivity index (χ1v) is 5.94. The van der Waals surface area contributed by atoms with Gasteiger partial charge in [0, 0.05) is 36.1 Å². The van der Waals surface area contributed by atoms with E-state index in [0.717, 1.165) is 11.1 Å². The van der Waals surface area contributed by atoms with E-state index < -0.39 is 0 Å². The highest BCUT2D eigenvalue weighted by molar-refractivity contribution is 5.61. The topological polar surface area (TPSA) is 37.8 Å². The van der Waals surface area contributed by atoms with Gasteiger partial charge in [0.2, 0.25) is 0 Å². The lowest BCUT2D eigenvalue weighted by Gasteiger charge is -2.10. The molecule has 2 aromatic rings. The maximum Gasteiger partial charge on any atom is 0.128 e. The van der Waals surface area contributed by atoms with E-state index in [1.165, 1.54) is 12.4 Å². The summed E-state index contributed by atoms with van der Waals surface area (Å²) in [6.07, 6.45) is 4.81. The Morgan fingerprint density at radius 1 is 1.17 bits per heavy atom. The van der Waals surface area contributed by atoms with Crippen LogP contribution in [-0.2, 0) is 6.54 Å². The van der Waals surface area contributed by atoms with Crippen molar-refractivity contribution in [2.24, 2.45) is 0 Å².